The predicted octanol–water partition coefficient (Wildman–Crippen LogP) is 2.45. The Labute approximate surface area is 140 Å². The first-order chi connectivity index (χ1) is 11.4. The number of aliphatic carboxylic acids is 1. The van der Waals surface area contributed by atoms with E-state index in [1.54, 1.807) is 15.8 Å². The first-order valence-corrected chi connectivity index (χ1v) is 8.07. The zero-order chi connectivity index (χ0) is 17.3. The second-order valence-electron chi connectivity index (χ2n) is 6.60. The van der Waals surface area contributed by atoms with Gasteiger partial charge in [0.15, 0.2) is 0 Å². The van der Waals surface area contributed by atoms with Crippen LogP contribution in [-0.2, 0) is 4.79 Å². The molecule has 2 aromatic rings. The van der Waals surface area contributed by atoms with Crippen LogP contribution in [0.5, 0.6) is 0 Å². The lowest BCUT2D eigenvalue weighted by molar-refractivity contribution is -0.150. The van der Waals surface area contributed by atoms with Gasteiger partial charge in [-0.25, -0.2) is 4.68 Å². The number of aromatic nitrogens is 2. The first-order valence-electron chi connectivity index (χ1n) is 8.07. The summed E-state index contributed by atoms with van der Waals surface area (Å²) in [5.41, 5.74) is 0.495. The number of carboxylic acids is 1. The molecule has 1 aliphatic rings. The van der Waals surface area contributed by atoms with Crippen molar-refractivity contribution in [2.24, 2.45) is 11.3 Å². The van der Waals surface area contributed by atoms with Gasteiger partial charge in [-0.15, -0.1) is 0 Å². The third-order valence-corrected chi connectivity index (χ3v) is 4.97. The summed E-state index contributed by atoms with van der Waals surface area (Å²) in [6, 6.07) is 9.54. The van der Waals surface area contributed by atoms with Crippen LogP contribution in [0.25, 0.3) is 5.69 Å². The van der Waals surface area contributed by atoms with E-state index < -0.39 is 11.4 Å². The third kappa shape index (κ3) is 2.68. The highest BCUT2D eigenvalue weighted by Gasteiger charge is 2.48. The quantitative estimate of drug-likeness (QED) is 0.936. The van der Waals surface area contributed by atoms with Crippen LogP contribution in [-0.4, -0.2) is 44.8 Å². The Kier molecular flexibility index (Phi) is 4.13. The summed E-state index contributed by atoms with van der Waals surface area (Å²) in [5, 5.41) is 13.8. The Balaban J connectivity index is 1.79. The second-order valence-corrected chi connectivity index (χ2v) is 6.60. The zero-order valence-corrected chi connectivity index (χ0v) is 13.8. The Hall–Kier alpha value is -2.63. The van der Waals surface area contributed by atoms with E-state index in [4.69, 9.17) is 0 Å². The fourth-order valence-corrected chi connectivity index (χ4v) is 3.24. The number of likely N-dealkylation sites (tertiary alicyclic amines) is 1. The lowest BCUT2D eigenvalue weighted by Crippen LogP contribution is -2.40. The van der Waals surface area contributed by atoms with Gasteiger partial charge in [0, 0.05) is 19.3 Å². The molecule has 1 amide bonds. The van der Waals surface area contributed by atoms with Crippen LogP contribution >= 0.6 is 0 Å². The van der Waals surface area contributed by atoms with Gasteiger partial charge < -0.3 is 10.0 Å². The number of nitrogens with zero attached hydrogens (tertiary/aromatic N) is 3. The third-order valence-electron chi connectivity index (χ3n) is 4.97. The summed E-state index contributed by atoms with van der Waals surface area (Å²) in [5.74, 6) is -1.02. The number of rotatable bonds is 4. The van der Waals surface area contributed by atoms with E-state index in [-0.39, 0.29) is 18.4 Å². The van der Waals surface area contributed by atoms with Gasteiger partial charge in [-0.05, 0) is 24.5 Å². The van der Waals surface area contributed by atoms with Crippen molar-refractivity contribution >= 4 is 11.9 Å². The average Bonchev–Trinajstić information content (AvgIpc) is 3.23. The van der Waals surface area contributed by atoms with Crippen LogP contribution < -0.4 is 0 Å². The molecule has 0 radical (unpaired) electrons. The molecule has 24 heavy (non-hydrogen) atoms. The number of hydrogen-bond donors (Lipinski definition) is 1. The van der Waals surface area contributed by atoms with Crippen LogP contribution in [0.3, 0.4) is 0 Å². The maximum atomic E-state index is 12.7. The lowest BCUT2D eigenvalue weighted by atomic mass is 9.76. The molecule has 0 aliphatic carbocycles. The molecule has 3 rings (SSSR count). The largest absolute Gasteiger partial charge is 0.481 e. The molecule has 2 heterocycles. The Morgan fingerprint density at radius 3 is 2.54 bits per heavy atom. The normalized spacial score (nSPS) is 20.5. The molecule has 0 spiro atoms. The number of amides is 1. The van der Waals surface area contributed by atoms with Gasteiger partial charge in [0.2, 0.25) is 0 Å². The van der Waals surface area contributed by atoms with E-state index in [1.807, 2.05) is 44.2 Å². The summed E-state index contributed by atoms with van der Waals surface area (Å²) in [4.78, 5) is 26.0. The minimum absolute atomic E-state index is 0.0279. The van der Waals surface area contributed by atoms with Gasteiger partial charge in [-0.3, -0.25) is 9.59 Å². The van der Waals surface area contributed by atoms with E-state index in [1.165, 1.54) is 6.20 Å². The number of benzene rings is 1. The molecular weight excluding hydrogens is 306 g/mol. The van der Waals surface area contributed by atoms with Crippen LogP contribution in [0, 0.1) is 11.3 Å². The van der Waals surface area contributed by atoms with Crippen molar-refractivity contribution in [3.63, 3.8) is 0 Å². The molecule has 1 aromatic heterocycles. The van der Waals surface area contributed by atoms with Gasteiger partial charge >= 0.3 is 5.97 Å². The van der Waals surface area contributed by atoms with Crippen molar-refractivity contribution in [3.05, 3.63) is 48.3 Å². The zero-order valence-electron chi connectivity index (χ0n) is 13.8. The van der Waals surface area contributed by atoms with Gasteiger partial charge in [-0.1, -0.05) is 32.0 Å². The van der Waals surface area contributed by atoms with Gasteiger partial charge in [0.25, 0.3) is 5.91 Å². The van der Waals surface area contributed by atoms with Crippen LogP contribution in [0.15, 0.2) is 42.7 Å². The number of hydrogen-bond acceptors (Lipinski definition) is 3. The number of carbonyl (C=O) groups excluding carboxylic acids is 1. The molecule has 1 atom stereocenters. The van der Waals surface area contributed by atoms with E-state index in [2.05, 4.69) is 5.10 Å². The fourth-order valence-electron chi connectivity index (χ4n) is 3.24. The molecule has 6 heteroatoms. The average molecular weight is 327 g/mol. The molecule has 126 valence electrons. The first kappa shape index (κ1) is 16.2. The summed E-state index contributed by atoms with van der Waals surface area (Å²) in [7, 11) is 0. The molecule has 1 fully saturated rings. The molecule has 1 saturated heterocycles. The SMILES string of the molecule is CC(C)C1(C(=O)O)CCN(C(=O)c2cnn(-c3ccccc3)c2)C1. The van der Waals surface area contributed by atoms with Crippen molar-refractivity contribution in [1.29, 1.82) is 0 Å². The molecule has 6 nitrogen and oxygen atoms in total. The van der Waals surface area contributed by atoms with Gasteiger partial charge in [-0.2, -0.15) is 5.10 Å². The summed E-state index contributed by atoms with van der Waals surface area (Å²) in [6.07, 6.45) is 3.71. The van der Waals surface area contributed by atoms with Crippen molar-refractivity contribution in [2.45, 2.75) is 20.3 Å². The molecule has 0 saturated carbocycles. The second kappa shape index (κ2) is 6.11. The van der Waals surface area contributed by atoms with Crippen LogP contribution in [0.2, 0.25) is 0 Å². The highest BCUT2D eigenvalue weighted by molar-refractivity contribution is 5.94. The van der Waals surface area contributed by atoms with Crippen molar-refractivity contribution in [1.82, 2.24) is 14.7 Å². The monoisotopic (exact) mass is 327 g/mol. The number of carbonyl (C=O) groups is 2. The molecule has 1 aliphatic heterocycles. The smallest absolute Gasteiger partial charge is 0.311 e. The summed E-state index contributed by atoms with van der Waals surface area (Å²) >= 11 is 0. The van der Waals surface area contributed by atoms with Crippen molar-refractivity contribution in [2.75, 3.05) is 13.1 Å². The Morgan fingerprint density at radius 2 is 1.96 bits per heavy atom. The van der Waals surface area contributed by atoms with E-state index in [9.17, 15) is 14.7 Å². The molecule has 0 bridgehead atoms. The fraction of sp³-hybridized carbons (Fsp3) is 0.389. The van der Waals surface area contributed by atoms with Gasteiger partial charge in [0.1, 0.15) is 0 Å². The highest BCUT2D eigenvalue weighted by atomic mass is 16.4. The van der Waals surface area contributed by atoms with E-state index in [0.717, 1.165) is 5.69 Å². The summed E-state index contributed by atoms with van der Waals surface area (Å²) < 4.78 is 1.65. The Morgan fingerprint density at radius 1 is 1.25 bits per heavy atom. The van der Waals surface area contributed by atoms with E-state index >= 15 is 0 Å². The van der Waals surface area contributed by atoms with Gasteiger partial charge in [0.05, 0.1) is 22.9 Å². The number of carboxylic acid groups (broad SMARTS) is 1. The minimum atomic E-state index is -0.856. The van der Waals surface area contributed by atoms with Crippen molar-refractivity contribution < 1.29 is 14.7 Å². The van der Waals surface area contributed by atoms with E-state index in [0.29, 0.717) is 18.5 Å². The standard InChI is InChI=1S/C18H21N3O3/c1-13(2)18(17(23)24)8-9-20(12-18)16(22)14-10-19-21(11-14)15-6-4-3-5-7-15/h3-7,10-11,13H,8-9,12H2,1-2H3,(H,23,24). The molecular formula is C18H21N3O3. The predicted molar refractivity (Wildman–Crippen MR) is 89.0 cm³/mol. The van der Waals surface area contributed by atoms with Crippen molar-refractivity contribution in [3.8, 4) is 5.69 Å². The molecule has 1 N–H and O–H groups in total. The molecule has 1 unspecified atom stereocenters. The summed E-state index contributed by atoms with van der Waals surface area (Å²) in [6.45, 7) is 4.50. The lowest BCUT2D eigenvalue weighted by Gasteiger charge is -2.28. The minimum Gasteiger partial charge on any atom is -0.481 e. The Bertz CT molecular complexity index is 754. The van der Waals surface area contributed by atoms with Crippen LogP contribution in [0.1, 0.15) is 30.6 Å². The van der Waals surface area contributed by atoms with Crippen LogP contribution in [0.4, 0.5) is 0 Å². The number of para-hydroxylation sites is 1. The molecule has 1 aromatic carbocycles. The topological polar surface area (TPSA) is 75.4 Å². The highest BCUT2D eigenvalue weighted by Crippen LogP contribution is 2.38. The maximum Gasteiger partial charge on any atom is 0.311 e. The maximum absolute atomic E-state index is 12.7.